The molecule has 0 heterocycles. The molecular weight excluding hydrogens is 532 g/mol. The Bertz CT molecular complexity index is 1390. The van der Waals surface area contributed by atoms with Crippen molar-refractivity contribution >= 4 is 24.2 Å². The summed E-state index contributed by atoms with van der Waals surface area (Å²) in [7, 11) is 0. The summed E-state index contributed by atoms with van der Waals surface area (Å²) in [6, 6.07) is 15.8. The predicted octanol–water partition coefficient (Wildman–Crippen LogP) is 7.22. The molecule has 10 nitrogen and oxygen atoms in total. The van der Waals surface area contributed by atoms with E-state index in [1.165, 1.54) is 66.7 Å². The van der Waals surface area contributed by atoms with E-state index in [2.05, 4.69) is 18.6 Å². The van der Waals surface area contributed by atoms with Gasteiger partial charge in [0.2, 0.25) is 0 Å². The van der Waals surface area contributed by atoms with Crippen LogP contribution in [0, 0.1) is 12.8 Å². The first-order chi connectivity index (χ1) is 19.4. The zero-order chi connectivity index (χ0) is 30.2. The van der Waals surface area contributed by atoms with Gasteiger partial charge in [0, 0.05) is 0 Å². The molecule has 10 heteroatoms. The van der Waals surface area contributed by atoms with Crippen molar-refractivity contribution in [3.63, 3.8) is 0 Å². The molecule has 3 rings (SSSR count). The van der Waals surface area contributed by atoms with Crippen LogP contribution in [0.25, 0.3) is 0 Å². The first-order valence-electron chi connectivity index (χ1n) is 12.9. The van der Waals surface area contributed by atoms with Gasteiger partial charge in [0.15, 0.2) is 0 Å². The summed E-state index contributed by atoms with van der Waals surface area (Å²) in [5.74, 6) is -0.178. The van der Waals surface area contributed by atoms with Gasteiger partial charge in [-0.2, -0.15) is 0 Å². The fraction of sp³-hybridized carbons (Fsp3) is 0.290. The number of rotatable bonds is 10. The third-order valence-electron chi connectivity index (χ3n) is 6.06. The highest BCUT2D eigenvalue weighted by Crippen LogP contribution is 2.27. The van der Waals surface area contributed by atoms with Crippen LogP contribution in [0.15, 0.2) is 66.7 Å². The molecule has 0 amide bonds. The molecule has 41 heavy (non-hydrogen) atoms. The van der Waals surface area contributed by atoms with Crippen LogP contribution in [0.2, 0.25) is 0 Å². The number of ether oxygens (including phenoxy) is 5. The van der Waals surface area contributed by atoms with Gasteiger partial charge in [-0.15, -0.1) is 0 Å². The molecule has 1 atom stereocenters. The van der Waals surface area contributed by atoms with Gasteiger partial charge in [-0.25, -0.2) is 19.2 Å². The number of carbonyl (C=O) groups is 4. The molecule has 3 aromatic rings. The first kappa shape index (κ1) is 30.7. The van der Waals surface area contributed by atoms with Gasteiger partial charge in [0.25, 0.3) is 0 Å². The van der Waals surface area contributed by atoms with Crippen LogP contribution in [0.5, 0.6) is 23.0 Å². The highest BCUT2D eigenvalue weighted by atomic mass is 16.7. The molecule has 3 aromatic carbocycles. The maximum Gasteiger partial charge on any atom is 0.514 e. The van der Waals surface area contributed by atoms with E-state index in [0.717, 1.165) is 0 Å². The van der Waals surface area contributed by atoms with E-state index in [-0.39, 0.29) is 34.1 Å². The van der Waals surface area contributed by atoms with Crippen LogP contribution in [0.1, 0.15) is 66.8 Å². The topological polar surface area (TPSA) is 135 Å². The van der Waals surface area contributed by atoms with E-state index in [4.69, 9.17) is 24.1 Å². The minimum absolute atomic E-state index is 0.0670. The minimum Gasteiger partial charge on any atom is -0.449 e. The summed E-state index contributed by atoms with van der Waals surface area (Å²) in [4.78, 5) is 48.0. The number of aryl methyl sites for hydroxylation is 1. The van der Waals surface area contributed by atoms with Crippen LogP contribution in [-0.4, -0.2) is 35.0 Å². The molecule has 0 aliphatic rings. The van der Waals surface area contributed by atoms with E-state index >= 15 is 0 Å². The maximum absolute atomic E-state index is 12.7. The van der Waals surface area contributed by atoms with Crippen LogP contribution in [0.4, 0.5) is 9.59 Å². The summed E-state index contributed by atoms with van der Waals surface area (Å²) >= 11 is 0. The largest absolute Gasteiger partial charge is 0.514 e. The van der Waals surface area contributed by atoms with E-state index < -0.39 is 29.9 Å². The number of esters is 2. The van der Waals surface area contributed by atoms with E-state index in [9.17, 15) is 19.2 Å². The van der Waals surface area contributed by atoms with Crippen molar-refractivity contribution in [1.82, 2.24) is 0 Å². The van der Waals surface area contributed by atoms with Crippen molar-refractivity contribution in [2.75, 3.05) is 0 Å². The third kappa shape index (κ3) is 9.10. The summed E-state index contributed by atoms with van der Waals surface area (Å²) in [6.45, 7) is 9.60. The fourth-order valence-corrected chi connectivity index (χ4v) is 3.98. The van der Waals surface area contributed by atoms with E-state index in [0.29, 0.717) is 24.3 Å². The van der Waals surface area contributed by atoms with E-state index in [1.807, 2.05) is 13.8 Å². The Morgan fingerprint density at radius 2 is 1.27 bits per heavy atom. The monoisotopic (exact) mass is 564 g/mol. The number of hydrogen-bond acceptors (Lipinski definition) is 9. The van der Waals surface area contributed by atoms with Gasteiger partial charge in [-0.3, -0.25) is 0 Å². The molecule has 0 aliphatic heterocycles. The molecule has 1 N–H and O–H groups in total. The molecule has 0 saturated heterocycles. The second-order valence-electron chi connectivity index (χ2n) is 9.98. The molecule has 216 valence electrons. The van der Waals surface area contributed by atoms with Gasteiger partial charge in [-0.1, -0.05) is 20.8 Å². The van der Waals surface area contributed by atoms with Crippen molar-refractivity contribution in [2.45, 2.75) is 53.1 Å². The molecule has 1 unspecified atom stereocenters. The van der Waals surface area contributed by atoms with Gasteiger partial charge in [-0.05, 0) is 105 Å². The fourth-order valence-electron chi connectivity index (χ4n) is 3.98. The standard InChI is InChI=1S/C31H32O10/c1-6-31(5,18-19(2)3)41-30(36)39-24-13-9-22(10-14-24)28(33)40-26-16-15-25(17-20(26)4)37-27(32)21-7-11-23(12-8-21)38-29(34)35/h7-17,19H,6,18H2,1-5H3,(H,34,35). The van der Waals surface area contributed by atoms with Crippen molar-refractivity contribution in [3.05, 3.63) is 83.4 Å². The Hall–Kier alpha value is -4.86. The second kappa shape index (κ2) is 13.5. The van der Waals surface area contributed by atoms with Crippen molar-refractivity contribution in [3.8, 4) is 23.0 Å². The summed E-state index contributed by atoms with van der Waals surface area (Å²) < 4.78 is 26.2. The van der Waals surface area contributed by atoms with Gasteiger partial charge in [0.1, 0.15) is 28.6 Å². The van der Waals surface area contributed by atoms with Crippen molar-refractivity contribution in [2.24, 2.45) is 5.92 Å². The molecular formula is C31H32O10. The Balaban J connectivity index is 1.57. The van der Waals surface area contributed by atoms with Crippen molar-refractivity contribution < 1.29 is 48.0 Å². The molecule has 0 spiro atoms. The Morgan fingerprint density at radius 1 is 0.756 bits per heavy atom. The zero-order valence-electron chi connectivity index (χ0n) is 23.5. The first-order valence-corrected chi connectivity index (χ1v) is 12.9. The van der Waals surface area contributed by atoms with Crippen molar-refractivity contribution in [1.29, 1.82) is 0 Å². The van der Waals surface area contributed by atoms with Crippen LogP contribution < -0.4 is 18.9 Å². The number of carboxylic acid groups (broad SMARTS) is 1. The average molecular weight is 565 g/mol. The lowest BCUT2D eigenvalue weighted by Crippen LogP contribution is -2.33. The van der Waals surface area contributed by atoms with Gasteiger partial charge >= 0.3 is 24.2 Å². The maximum atomic E-state index is 12.7. The van der Waals surface area contributed by atoms with Crippen LogP contribution in [0.3, 0.4) is 0 Å². The predicted molar refractivity (Wildman–Crippen MR) is 148 cm³/mol. The summed E-state index contributed by atoms with van der Waals surface area (Å²) in [5, 5.41) is 8.64. The third-order valence-corrected chi connectivity index (χ3v) is 6.06. The second-order valence-corrected chi connectivity index (χ2v) is 9.98. The van der Waals surface area contributed by atoms with Crippen LogP contribution in [-0.2, 0) is 4.74 Å². The highest BCUT2D eigenvalue weighted by molar-refractivity contribution is 5.92. The lowest BCUT2D eigenvalue weighted by Gasteiger charge is -2.29. The number of carbonyl (C=O) groups excluding carboxylic acids is 3. The Labute approximate surface area is 237 Å². The van der Waals surface area contributed by atoms with Crippen LogP contribution >= 0.6 is 0 Å². The lowest BCUT2D eigenvalue weighted by molar-refractivity contribution is -0.0172. The van der Waals surface area contributed by atoms with E-state index in [1.54, 1.807) is 6.92 Å². The molecule has 0 saturated carbocycles. The molecule has 0 aliphatic carbocycles. The highest BCUT2D eigenvalue weighted by Gasteiger charge is 2.29. The smallest absolute Gasteiger partial charge is 0.449 e. The summed E-state index contributed by atoms with van der Waals surface area (Å²) in [6.07, 6.45) is -0.928. The average Bonchev–Trinajstić information content (AvgIpc) is 2.90. The molecule has 0 aromatic heterocycles. The number of benzene rings is 3. The molecule has 0 fully saturated rings. The minimum atomic E-state index is -1.46. The van der Waals surface area contributed by atoms with Gasteiger partial charge < -0.3 is 28.8 Å². The number of hydrogen-bond donors (Lipinski definition) is 1. The van der Waals surface area contributed by atoms with Gasteiger partial charge in [0.05, 0.1) is 11.1 Å². The lowest BCUT2D eigenvalue weighted by atomic mass is 9.92. The quantitative estimate of drug-likeness (QED) is 0.153. The SMILES string of the molecule is CCC(C)(CC(C)C)OC(=O)Oc1ccc(C(=O)Oc2ccc(OC(=O)c3ccc(OC(=O)O)cc3)cc2C)cc1. The molecule has 0 bridgehead atoms. The Morgan fingerprint density at radius 3 is 1.76 bits per heavy atom. The molecule has 0 radical (unpaired) electrons. The summed E-state index contributed by atoms with van der Waals surface area (Å²) in [5.41, 5.74) is 0.322. The Kier molecular flexibility index (Phi) is 10.1. The zero-order valence-corrected chi connectivity index (χ0v) is 23.5. The normalized spacial score (nSPS) is 12.1.